The summed E-state index contributed by atoms with van der Waals surface area (Å²) in [6.45, 7) is 0. The lowest BCUT2D eigenvalue weighted by atomic mass is 10.0. The minimum atomic E-state index is -0.391. The van der Waals surface area contributed by atoms with Crippen molar-refractivity contribution in [3.63, 3.8) is 0 Å². The molecule has 0 amide bonds. The number of methoxy groups -OCH3 is 3. The van der Waals surface area contributed by atoms with Crippen LogP contribution in [0.5, 0.6) is 17.2 Å². The van der Waals surface area contributed by atoms with E-state index in [2.05, 4.69) is 0 Å². The van der Waals surface area contributed by atoms with Crippen molar-refractivity contribution < 1.29 is 19.1 Å². The predicted molar refractivity (Wildman–Crippen MR) is 82.0 cm³/mol. The van der Waals surface area contributed by atoms with Crippen LogP contribution < -0.4 is 14.2 Å². The summed E-state index contributed by atoms with van der Waals surface area (Å²) in [5, 5.41) is 11.1. The van der Waals surface area contributed by atoms with Gasteiger partial charge in [0.25, 0.3) is 5.69 Å². The lowest BCUT2D eigenvalue weighted by Gasteiger charge is -2.15. The number of benzene rings is 2. The van der Waals surface area contributed by atoms with Crippen LogP contribution in [-0.2, 0) is 6.42 Å². The first-order valence-electron chi connectivity index (χ1n) is 6.62. The predicted octanol–water partition coefficient (Wildman–Crippen LogP) is 3.21. The lowest BCUT2D eigenvalue weighted by Crippen LogP contribution is -2.01. The van der Waals surface area contributed by atoms with Gasteiger partial charge in [-0.3, -0.25) is 10.1 Å². The van der Waals surface area contributed by atoms with Crippen molar-refractivity contribution in [3.05, 3.63) is 57.6 Å². The molecular weight excluding hydrogens is 286 g/mol. The van der Waals surface area contributed by atoms with Crippen molar-refractivity contribution in [1.82, 2.24) is 0 Å². The molecule has 0 saturated heterocycles. The molecule has 2 aromatic carbocycles. The van der Waals surface area contributed by atoms with Gasteiger partial charge in [0.1, 0.15) is 17.2 Å². The lowest BCUT2D eigenvalue weighted by molar-refractivity contribution is -0.385. The van der Waals surface area contributed by atoms with Crippen LogP contribution in [0.4, 0.5) is 5.69 Å². The first-order valence-corrected chi connectivity index (χ1v) is 6.62. The Labute approximate surface area is 128 Å². The molecule has 0 bridgehead atoms. The Hall–Kier alpha value is -2.76. The maximum absolute atomic E-state index is 11.1. The number of hydrogen-bond acceptors (Lipinski definition) is 5. The Kier molecular flexibility index (Phi) is 4.83. The number of para-hydroxylation sites is 1. The summed E-state index contributed by atoms with van der Waals surface area (Å²) in [5.41, 5.74) is 1.40. The standard InChI is InChI=1S/C16H17NO5/c1-20-12-9-15(21-2)13(16(10-12)22-3)8-11-6-4-5-7-14(11)17(18)19/h4-7,9-10H,8H2,1-3H3. The molecule has 0 spiro atoms. The third-order valence-corrected chi connectivity index (χ3v) is 3.37. The quantitative estimate of drug-likeness (QED) is 0.605. The number of nitro groups is 1. The molecule has 0 saturated carbocycles. The van der Waals surface area contributed by atoms with E-state index in [0.29, 0.717) is 29.2 Å². The van der Waals surface area contributed by atoms with Crippen LogP contribution in [0.1, 0.15) is 11.1 Å². The number of nitro benzene ring substituents is 1. The maximum Gasteiger partial charge on any atom is 0.272 e. The zero-order valence-corrected chi connectivity index (χ0v) is 12.7. The summed E-state index contributed by atoms with van der Waals surface area (Å²) in [6, 6.07) is 10.1. The van der Waals surface area contributed by atoms with E-state index in [-0.39, 0.29) is 5.69 Å². The molecule has 0 N–H and O–H groups in total. The summed E-state index contributed by atoms with van der Waals surface area (Å²) in [6.07, 6.45) is 0.327. The SMILES string of the molecule is COc1cc(OC)c(Cc2ccccc2[N+](=O)[O-])c(OC)c1. The Morgan fingerprint density at radius 2 is 1.59 bits per heavy atom. The molecule has 0 unspecified atom stereocenters. The highest BCUT2D eigenvalue weighted by atomic mass is 16.6. The van der Waals surface area contributed by atoms with Crippen LogP contribution in [0.15, 0.2) is 36.4 Å². The molecule has 0 aliphatic rings. The number of rotatable bonds is 6. The van der Waals surface area contributed by atoms with Gasteiger partial charge in [-0.25, -0.2) is 0 Å². The van der Waals surface area contributed by atoms with E-state index in [1.165, 1.54) is 20.3 Å². The highest BCUT2D eigenvalue weighted by Crippen LogP contribution is 2.36. The molecular formula is C16H17NO5. The summed E-state index contributed by atoms with van der Waals surface area (Å²) in [5.74, 6) is 1.73. The van der Waals surface area contributed by atoms with Crippen molar-refractivity contribution >= 4 is 5.69 Å². The van der Waals surface area contributed by atoms with Gasteiger partial charge in [0.2, 0.25) is 0 Å². The highest BCUT2D eigenvalue weighted by Gasteiger charge is 2.19. The topological polar surface area (TPSA) is 70.8 Å². The van der Waals surface area contributed by atoms with Gasteiger partial charge in [-0.15, -0.1) is 0 Å². The van der Waals surface area contributed by atoms with Gasteiger partial charge in [-0.05, 0) is 0 Å². The largest absolute Gasteiger partial charge is 0.496 e. The molecule has 0 aromatic heterocycles. The van der Waals surface area contributed by atoms with E-state index in [4.69, 9.17) is 14.2 Å². The van der Waals surface area contributed by atoms with Gasteiger partial charge in [0.05, 0.1) is 26.3 Å². The van der Waals surface area contributed by atoms with Crippen molar-refractivity contribution in [1.29, 1.82) is 0 Å². The summed E-state index contributed by atoms with van der Waals surface area (Å²) >= 11 is 0. The van der Waals surface area contributed by atoms with Crippen molar-refractivity contribution in [2.75, 3.05) is 21.3 Å². The average molecular weight is 303 g/mol. The van der Waals surface area contributed by atoms with E-state index < -0.39 is 4.92 Å². The van der Waals surface area contributed by atoms with Crippen molar-refractivity contribution in [2.24, 2.45) is 0 Å². The third kappa shape index (κ3) is 3.11. The molecule has 0 atom stereocenters. The maximum atomic E-state index is 11.1. The van der Waals surface area contributed by atoms with E-state index in [9.17, 15) is 10.1 Å². The molecule has 6 nitrogen and oxygen atoms in total. The third-order valence-electron chi connectivity index (χ3n) is 3.37. The second kappa shape index (κ2) is 6.80. The molecule has 6 heteroatoms. The van der Waals surface area contributed by atoms with Crippen LogP contribution >= 0.6 is 0 Å². The summed E-state index contributed by atoms with van der Waals surface area (Å²) in [7, 11) is 4.63. The summed E-state index contributed by atoms with van der Waals surface area (Å²) < 4.78 is 15.9. The van der Waals surface area contributed by atoms with Gasteiger partial charge >= 0.3 is 0 Å². The Morgan fingerprint density at radius 1 is 1.00 bits per heavy atom. The minimum Gasteiger partial charge on any atom is -0.496 e. The van der Waals surface area contributed by atoms with Gasteiger partial charge in [-0.1, -0.05) is 18.2 Å². The van der Waals surface area contributed by atoms with E-state index in [0.717, 1.165) is 5.56 Å². The molecule has 0 fully saturated rings. The molecule has 0 aliphatic heterocycles. The highest BCUT2D eigenvalue weighted by molar-refractivity contribution is 5.54. The fourth-order valence-electron chi connectivity index (χ4n) is 2.28. The van der Waals surface area contributed by atoms with Gasteiger partial charge in [-0.2, -0.15) is 0 Å². The van der Waals surface area contributed by atoms with Crippen LogP contribution in [-0.4, -0.2) is 26.3 Å². The molecule has 0 heterocycles. The summed E-state index contributed by atoms with van der Waals surface area (Å²) in [4.78, 5) is 10.8. The zero-order chi connectivity index (χ0) is 16.1. The smallest absolute Gasteiger partial charge is 0.272 e. The first kappa shape index (κ1) is 15.6. The van der Waals surface area contributed by atoms with Crippen LogP contribution in [0.3, 0.4) is 0 Å². The fraction of sp³-hybridized carbons (Fsp3) is 0.250. The number of hydrogen-bond donors (Lipinski definition) is 0. The molecule has 0 radical (unpaired) electrons. The molecule has 22 heavy (non-hydrogen) atoms. The van der Waals surface area contributed by atoms with Gasteiger partial charge in [0.15, 0.2) is 0 Å². The van der Waals surface area contributed by atoms with E-state index >= 15 is 0 Å². The molecule has 2 aromatic rings. The van der Waals surface area contributed by atoms with Gasteiger partial charge in [0, 0.05) is 35.7 Å². The zero-order valence-electron chi connectivity index (χ0n) is 12.7. The monoisotopic (exact) mass is 303 g/mol. The van der Waals surface area contributed by atoms with Crippen molar-refractivity contribution in [2.45, 2.75) is 6.42 Å². The van der Waals surface area contributed by atoms with Crippen molar-refractivity contribution in [3.8, 4) is 17.2 Å². The van der Waals surface area contributed by atoms with Crippen LogP contribution in [0, 0.1) is 10.1 Å². The Morgan fingerprint density at radius 3 is 2.09 bits per heavy atom. The number of nitrogens with zero attached hydrogens (tertiary/aromatic N) is 1. The average Bonchev–Trinajstić information content (AvgIpc) is 2.55. The van der Waals surface area contributed by atoms with E-state index in [1.807, 2.05) is 0 Å². The Bertz CT molecular complexity index is 659. The van der Waals surface area contributed by atoms with Crippen LogP contribution in [0.25, 0.3) is 0 Å². The normalized spacial score (nSPS) is 10.1. The van der Waals surface area contributed by atoms with E-state index in [1.54, 1.807) is 37.4 Å². The first-order chi connectivity index (χ1) is 10.6. The molecule has 2 rings (SSSR count). The van der Waals surface area contributed by atoms with Crippen LogP contribution in [0.2, 0.25) is 0 Å². The molecule has 116 valence electrons. The minimum absolute atomic E-state index is 0.0717. The second-order valence-electron chi connectivity index (χ2n) is 4.57. The second-order valence-corrected chi connectivity index (χ2v) is 4.57. The Balaban J connectivity index is 2.51. The fourth-order valence-corrected chi connectivity index (χ4v) is 2.28. The number of ether oxygens (including phenoxy) is 3. The molecule has 0 aliphatic carbocycles. The van der Waals surface area contributed by atoms with Gasteiger partial charge < -0.3 is 14.2 Å².